The van der Waals surface area contributed by atoms with Crippen LogP contribution >= 0.6 is 0 Å². The Balaban J connectivity index is 3.24. The Labute approximate surface area is 120 Å². The Morgan fingerprint density at radius 3 is 2.16 bits per heavy atom. The Bertz CT molecular complexity index is 473. The fourth-order valence-corrected chi connectivity index (χ4v) is 2.96. The first-order chi connectivity index (χ1) is 8.49. The van der Waals surface area contributed by atoms with Crippen molar-refractivity contribution in [1.29, 1.82) is 0 Å². The summed E-state index contributed by atoms with van der Waals surface area (Å²) in [5, 5.41) is 0. The average molecular weight is 275 g/mol. The van der Waals surface area contributed by atoms with Crippen LogP contribution in [0.1, 0.15) is 37.5 Å². The molecular weight excluding hydrogens is 246 g/mol. The molecule has 1 nitrogen and oxygen atoms in total. The Hall–Kier alpha value is -1.02. The molecule has 106 valence electrons. The van der Waals surface area contributed by atoms with Crippen molar-refractivity contribution in [2.24, 2.45) is 5.41 Å². The van der Waals surface area contributed by atoms with E-state index < -0.39 is 8.24 Å². The van der Waals surface area contributed by atoms with E-state index in [-0.39, 0.29) is 5.41 Å². The first-order valence-electron chi connectivity index (χ1n) is 7.01. The summed E-state index contributed by atoms with van der Waals surface area (Å²) in [6.07, 6.45) is 2.28. The second-order valence-electron chi connectivity index (χ2n) is 7.42. The predicted molar refractivity (Wildman–Crippen MR) is 90.1 cm³/mol. The SMILES string of the molecule is Cc1ccc(C)c(/C=C(/[N-][Si](C)(C)C)C(C)(C)C)c1. The largest absolute Gasteiger partial charge is 0.690 e. The summed E-state index contributed by atoms with van der Waals surface area (Å²) in [6, 6.07) is 6.61. The maximum Gasteiger partial charge on any atom is -0.0240 e. The first kappa shape index (κ1) is 16.0. The molecule has 0 atom stereocenters. The van der Waals surface area contributed by atoms with E-state index in [0.717, 1.165) is 0 Å². The van der Waals surface area contributed by atoms with Gasteiger partial charge in [0.15, 0.2) is 0 Å². The summed E-state index contributed by atoms with van der Waals surface area (Å²) >= 11 is 0. The molecule has 0 radical (unpaired) electrons. The van der Waals surface area contributed by atoms with Gasteiger partial charge in [-0.3, -0.25) is 0 Å². The van der Waals surface area contributed by atoms with Gasteiger partial charge in [-0.15, -0.1) is 0 Å². The van der Waals surface area contributed by atoms with Crippen LogP contribution in [0.2, 0.25) is 19.6 Å². The molecule has 0 aromatic heterocycles. The van der Waals surface area contributed by atoms with Gasteiger partial charge >= 0.3 is 0 Å². The predicted octanol–water partition coefficient (Wildman–Crippen LogP) is 5.90. The normalized spacial score (nSPS) is 13.6. The van der Waals surface area contributed by atoms with Gasteiger partial charge in [0.05, 0.1) is 0 Å². The van der Waals surface area contributed by atoms with Gasteiger partial charge in [-0.2, -0.15) is 5.70 Å². The van der Waals surface area contributed by atoms with Crippen molar-refractivity contribution >= 4 is 14.3 Å². The van der Waals surface area contributed by atoms with Crippen LogP contribution in [0, 0.1) is 19.3 Å². The molecule has 0 saturated carbocycles. The third kappa shape index (κ3) is 5.23. The molecule has 0 heterocycles. The van der Waals surface area contributed by atoms with Crippen molar-refractivity contribution in [3.8, 4) is 0 Å². The lowest BCUT2D eigenvalue weighted by atomic mass is 9.90. The zero-order chi connectivity index (χ0) is 14.8. The Morgan fingerprint density at radius 2 is 1.68 bits per heavy atom. The maximum absolute atomic E-state index is 5.05. The number of hydrogen-bond donors (Lipinski definition) is 0. The van der Waals surface area contributed by atoms with Gasteiger partial charge in [-0.1, -0.05) is 70.3 Å². The molecule has 1 rings (SSSR count). The highest BCUT2D eigenvalue weighted by atomic mass is 28.3. The topological polar surface area (TPSA) is 14.1 Å². The molecule has 1 aromatic rings. The highest BCUT2D eigenvalue weighted by Crippen LogP contribution is 2.35. The molecule has 0 bridgehead atoms. The summed E-state index contributed by atoms with van der Waals surface area (Å²) in [4.78, 5) is 5.05. The molecular formula is C17H28NSi-. The zero-order valence-corrected chi connectivity index (χ0v) is 14.8. The highest BCUT2D eigenvalue weighted by molar-refractivity contribution is 6.81. The fraction of sp³-hybridized carbons (Fsp3) is 0.529. The van der Waals surface area contributed by atoms with E-state index >= 15 is 0 Å². The molecule has 0 aliphatic heterocycles. The molecule has 0 spiro atoms. The highest BCUT2D eigenvalue weighted by Gasteiger charge is 2.13. The van der Waals surface area contributed by atoms with E-state index in [1.165, 1.54) is 22.4 Å². The second kappa shape index (κ2) is 5.54. The summed E-state index contributed by atoms with van der Waals surface area (Å²) < 4.78 is 0. The Kier molecular flexibility index (Phi) is 4.67. The summed E-state index contributed by atoms with van der Waals surface area (Å²) in [5.41, 5.74) is 5.24. The average Bonchev–Trinajstić information content (AvgIpc) is 2.19. The number of hydrogen-bond acceptors (Lipinski definition) is 0. The van der Waals surface area contributed by atoms with Gasteiger partial charge in [-0.25, -0.2) is 0 Å². The molecule has 0 N–H and O–H groups in total. The van der Waals surface area contributed by atoms with Crippen molar-refractivity contribution in [3.05, 3.63) is 45.6 Å². The monoisotopic (exact) mass is 274 g/mol. The van der Waals surface area contributed by atoms with E-state index in [9.17, 15) is 0 Å². The van der Waals surface area contributed by atoms with Gasteiger partial charge < -0.3 is 4.98 Å². The van der Waals surface area contributed by atoms with Crippen LogP contribution in [0.25, 0.3) is 11.1 Å². The molecule has 2 heteroatoms. The van der Waals surface area contributed by atoms with E-state index in [4.69, 9.17) is 4.98 Å². The number of allylic oxidation sites excluding steroid dienone is 1. The van der Waals surface area contributed by atoms with Gasteiger partial charge in [0, 0.05) is 0 Å². The van der Waals surface area contributed by atoms with Crippen LogP contribution in [0.15, 0.2) is 23.9 Å². The van der Waals surface area contributed by atoms with Crippen LogP contribution in [0.3, 0.4) is 0 Å². The third-order valence-corrected chi connectivity index (χ3v) is 3.86. The van der Waals surface area contributed by atoms with Crippen molar-refractivity contribution < 1.29 is 0 Å². The smallest absolute Gasteiger partial charge is 0.0240 e. The van der Waals surface area contributed by atoms with Crippen molar-refractivity contribution in [2.75, 3.05) is 0 Å². The van der Waals surface area contributed by atoms with E-state index in [2.05, 4.69) is 78.5 Å². The van der Waals surface area contributed by atoms with E-state index in [1.807, 2.05) is 0 Å². The van der Waals surface area contributed by atoms with Crippen LogP contribution in [-0.4, -0.2) is 8.24 Å². The van der Waals surface area contributed by atoms with E-state index in [1.54, 1.807) is 0 Å². The molecule has 0 amide bonds. The molecule has 0 saturated heterocycles. The number of benzene rings is 1. The minimum atomic E-state index is -1.46. The number of aryl methyl sites for hydroxylation is 2. The van der Waals surface area contributed by atoms with Crippen LogP contribution < -0.4 is 0 Å². The summed E-state index contributed by atoms with van der Waals surface area (Å²) in [5.74, 6) is 0. The number of rotatable bonds is 3. The van der Waals surface area contributed by atoms with Crippen molar-refractivity contribution in [3.63, 3.8) is 0 Å². The van der Waals surface area contributed by atoms with E-state index in [0.29, 0.717) is 0 Å². The van der Waals surface area contributed by atoms with Gasteiger partial charge in [-0.05, 0) is 38.6 Å². The summed E-state index contributed by atoms with van der Waals surface area (Å²) in [6.45, 7) is 17.9. The minimum absolute atomic E-state index is 0.0937. The van der Waals surface area contributed by atoms with Gasteiger partial charge in [0.25, 0.3) is 0 Å². The Morgan fingerprint density at radius 1 is 1.11 bits per heavy atom. The molecule has 19 heavy (non-hydrogen) atoms. The molecule has 1 aromatic carbocycles. The lowest BCUT2D eigenvalue weighted by Gasteiger charge is -2.45. The fourth-order valence-electron chi connectivity index (χ4n) is 1.84. The molecule has 0 aliphatic carbocycles. The molecule has 0 fully saturated rings. The van der Waals surface area contributed by atoms with Crippen molar-refractivity contribution in [1.82, 2.24) is 0 Å². The van der Waals surface area contributed by atoms with Crippen LogP contribution in [0.4, 0.5) is 0 Å². The summed E-state index contributed by atoms with van der Waals surface area (Å²) in [7, 11) is -1.46. The first-order valence-corrected chi connectivity index (χ1v) is 10.5. The van der Waals surface area contributed by atoms with Crippen LogP contribution in [0.5, 0.6) is 0 Å². The van der Waals surface area contributed by atoms with Gasteiger partial charge in [0.2, 0.25) is 0 Å². The second-order valence-corrected chi connectivity index (χ2v) is 12.0. The minimum Gasteiger partial charge on any atom is -0.690 e. The van der Waals surface area contributed by atoms with Gasteiger partial charge in [0.1, 0.15) is 0 Å². The van der Waals surface area contributed by atoms with Crippen molar-refractivity contribution in [2.45, 2.75) is 54.3 Å². The maximum atomic E-state index is 5.05. The lowest BCUT2D eigenvalue weighted by molar-refractivity contribution is 0.518. The quantitative estimate of drug-likeness (QED) is 0.609. The molecule has 0 aliphatic rings. The lowest BCUT2D eigenvalue weighted by Crippen LogP contribution is -2.23. The molecule has 0 unspecified atom stereocenters. The van der Waals surface area contributed by atoms with Crippen LogP contribution in [-0.2, 0) is 0 Å². The zero-order valence-electron chi connectivity index (χ0n) is 13.8. The third-order valence-electron chi connectivity index (χ3n) is 2.95. The number of nitrogens with zero attached hydrogens (tertiary/aromatic N) is 1. The standard InChI is InChI=1S/C17H28NSi/c1-13-9-10-14(2)15(11-13)12-16(17(3,4)5)18-19(6,7)8/h9-12H,1-8H3/q-1/b16-12+.